The zero-order chi connectivity index (χ0) is 16.6. The lowest BCUT2D eigenvalue weighted by Gasteiger charge is -2.38. The van der Waals surface area contributed by atoms with E-state index in [4.69, 9.17) is 0 Å². The molecule has 2 N–H and O–H groups in total. The second-order valence-corrected chi connectivity index (χ2v) is 6.74. The SMILES string of the molecule is CC(C)(O)C(C)(C)NC(=O)c1ccc(Br)cc1C(F)(F)F. The number of hydrogen-bond donors (Lipinski definition) is 2. The van der Waals surface area contributed by atoms with Gasteiger partial charge in [0.1, 0.15) is 0 Å². The molecule has 7 heteroatoms. The highest BCUT2D eigenvalue weighted by molar-refractivity contribution is 9.10. The van der Waals surface area contributed by atoms with Crippen molar-refractivity contribution < 1.29 is 23.1 Å². The Morgan fingerprint density at radius 1 is 1.19 bits per heavy atom. The Morgan fingerprint density at radius 2 is 1.71 bits per heavy atom. The van der Waals surface area contributed by atoms with Crippen molar-refractivity contribution in [3.63, 3.8) is 0 Å². The quantitative estimate of drug-likeness (QED) is 0.854. The van der Waals surface area contributed by atoms with Crippen molar-refractivity contribution in [3.05, 3.63) is 33.8 Å². The third-order valence-corrected chi connectivity index (χ3v) is 3.98. The Morgan fingerprint density at radius 3 is 2.14 bits per heavy atom. The van der Waals surface area contributed by atoms with Crippen LogP contribution in [-0.4, -0.2) is 22.2 Å². The van der Waals surface area contributed by atoms with Gasteiger partial charge >= 0.3 is 6.18 Å². The number of carbonyl (C=O) groups excluding carboxylic acids is 1. The molecule has 1 amide bonds. The van der Waals surface area contributed by atoms with E-state index < -0.39 is 34.4 Å². The first-order valence-corrected chi connectivity index (χ1v) is 6.96. The van der Waals surface area contributed by atoms with Gasteiger partial charge in [-0.1, -0.05) is 15.9 Å². The number of rotatable bonds is 3. The normalized spacial score (nSPS) is 13.2. The van der Waals surface area contributed by atoms with Crippen LogP contribution in [0.2, 0.25) is 0 Å². The second kappa shape index (κ2) is 5.61. The Hall–Kier alpha value is -1.08. The van der Waals surface area contributed by atoms with Crippen LogP contribution in [0, 0.1) is 0 Å². The van der Waals surface area contributed by atoms with Gasteiger partial charge in [-0.2, -0.15) is 13.2 Å². The number of amides is 1. The van der Waals surface area contributed by atoms with Gasteiger partial charge in [0.25, 0.3) is 5.91 Å². The first-order valence-electron chi connectivity index (χ1n) is 6.17. The van der Waals surface area contributed by atoms with Gasteiger partial charge in [0.15, 0.2) is 0 Å². The standard InChI is InChI=1S/C14H17BrF3NO2/c1-12(2,13(3,4)21)19-11(20)9-6-5-8(15)7-10(9)14(16,17)18/h5-7,21H,1-4H3,(H,19,20). The van der Waals surface area contributed by atoms with E-state index in [0.717, 1.165) is 12.1 Å². The first-order chi connectivity index (χ1) is 9.25. The average molecular weight is 368 g/mol. The predicted molar refractivity (Wildman–Crippen MR) is 77.0 cm³/mol. The van der Waals surface area contributed by atoms with Crippen molar-refractivity contribution in [2.75, 3.05) is 0 Å². The summed E-state index contributed by atoms with van der Waals surface area (Å²) in [6.45, 7) is 6.02. The summed E-state index contributed by atoms with van der Waals surface area (Å²) in [4.78, 5) is 12.1. The molecule has 0 heterocycles. The van der Waals surface area contributed by atoms with Crippen LogP contribution in [-0.2, 0) is 6.18 Å². The number of hydrogen-bond acceptors (Lipinski definition) is 2. The summed E-state index contributed by atoms with van der Waals surface area (Å²) in [5, 5.41) is 12.4. The molecule has 1 rings (SSSR count). The van der Waals surface area contributed by atoms with E-state index in [1.165, 1.54) is 33.8 Å². The maximum absolute atomic E-state index is 13.0. The second-order valence-electron chi connectivity index (χ2n) is 5.83. The van der Waals surface area contributed by atoms with Gasteiger partial charge in [-0.05, 0) is 45.9 Å². The molecule has 0 aliphatic carbocycles. The molecular formula is C14H17BrF3NO2. The smallest absolute Gasteiger partial charge is 0.388 e. The summed E-state index contributed by atoms with van der Waals surface area (Å²) in [7, 11) is 0. The van der Waals surface area contributed by atoms with E-state index in [1.807, 2.05) is 0 Å². The van der Waals surface area contributed by atoms with Crippen molar-refractivity contribution >= 4 is 21.8 Å². The molecule has 0 aliphatic heterocycles. The molecule has 0 bridgehead atoms. The molecule has 1 aromatic rings. The maximum atomic E-state index is 13.0. The van der Waals surface area contributed by atoms with Crippen LogP contribution >= 0.6 is 15.9 Å². The summed E-state index contributed by atoms with van der Waals surface area (Å²) < 4.78 is 39.2. The van der Waals surface area contributed by atoms with Gasteiger partial charge in [-0.25, -0.2) is 0 Å². The number of alkyl halides is 3. The molecule has 0 radical (unpaired) electrons. The zero-order valence-electron chi connectivity index (χ0n) is 12.1. The number of aliphatic hydroxyl groups is 1. The van der Waals surface area contributed by atoms with E-state index in [2.05, 4.69) is 21.2 Å². The van der Waals surface area contributed by atoms with Crippen molar-refractivity contribution in [1.82, 2.24) is 5.32 Å². The first kappa shape index (κ1) is 18.0. The molecular weight excluding hydrogens is 351 g/mol. The van der Waals surface area contributed by atoms with E-state index in [-0.39, 0.29) is 4.47 Å². The third kappa shape index (κ3) is 4.20. The zero-order valence-corrected chi connectivity index (χ0v) is 13.7. The van der Waals surface area contributed by atoms with E-state index in [9.17, 15) is 23.1 Å². The fourth-order valence-electron chi connectivity index (χ4n) is 1.45. The molecule has 0 unspecified atom stereocenters. The van der Waals surface area contributed by atoms with E-state index in [0.29, 0.717) is 0 Å². The van der Waals surface area contributed by atoms with Crippen LogP contribution in [0.1, 0.15) is 43.6 Å². The molecule has 118 valence electrons. The Kier molecular flexibility index (Phi) is 4.80. The number of nitrogens with one attached hydrogen (secondary N) is 1. The monoisotopic (exact) mass is 367 g/mol. The van der Waals surface area contributed by atoms with Crippen molar-refractivity contribution in [2.45, 2.75) is 45.0 Å². The highest BCUT2D eigenvalue weighted by Gasteiger charge is 2.39. The van der Waals surface area contributed by atoms with Gasteiger partial charge in [-0.15, -0.1) is 0 Å². The van der Waals surface area contributed by atoms with Crippen LogP contribution < -0.4 is 5.32 Å². The summed E-state index contributed by atoms with van der Waals surface area (Å²) in [5.74, 6) is -0.887. The highest BCUT2D eigenvalue weighted by Crippen LogP contribution is 2.34. The topological polar surface area (TPSA) is 49.3 Å². The summed E-state index contributed by atoms with van der Waals surface area (Å²) in [6.07, 6.45) is -4.64. The van der Waals surface area contributed by atoms with E-state index >= 15 is 0 Å². The summed E-state index contributed by atoms with van der Waals surface area (Å²) in [5.41, 5.74) is -3.90. The van der Waals surface area contributed by atoms with Gasteiger partial charge < -0.3 is 10.4 Å². The molecule has 0 atom stereocenters. The molecule has 0 aromatic heterocycles. The van der Waals surface area contributed by atoms with E-state index in [1.54, 1.807) is 0 Å². The maximum Gasteiger partial charge on any atom is 0.417 e. The van der Waals surface area contributed by atoms with Crippen molar-refractivity contribution in [3.8, 4) is 0 Å². The Balaban J connectivity index is 3.21. The highest BCUT2D eigenvalue weighted by atomic mass is 79.9. The van der Waals surface area contributed by atoms with Crippen LogP contribution in [0.25, 0.3) is 0 Å². The number of carbonyl (C=O) groups is 1. The Labute approximate surface area is 129 Å². The van der Waals surface area contributed by atoms with Crippen LogP contribution in [0.5, 0.6) is 0 Å². The molecule has 3 nitrogen and oxygen atoms in total. The van der Waals surface area contributed by atoms with Crippen LogP contribution in [0.4, 0.5) is 13.2 Å². The molecule has 1 aromatic carbocycles. The van der Waals surface area contributed by atoms with Crippen molar-refractivity contribution in [2.24, 2.45) is 0 Å². The predicted octanol–water partition coefficient (Wildman–Crippen LogP) is 3.75. The largest absolute Gasteiger partial charge is 0.417 e. The summed E-state index contributed by atoms with van der Waals surface area (Å²) >= 11 is 2.96. The van der Waals surface area contributed by atoms with Gasteiger partial charge in [0, 0.05) is 4.47 Å². The minimum atomic E-state index is -4.64. The Bertz CT molecular complexity index is 548. The van der Waals surface area contributed by atoms with Crippen LogP contribution in [0.3, 0.4) is 0 Å². The number of halogens is 4. The van der Waals surface area contributed by atoms with Gasteiger partial charge in [-0.3, -0.25) is 4.79 Å². The minimum absolute atomic E-state index is 0.230. The molecule has 0 saturated heterocycles. The van der Waals surface area contributed by atoms with Crippen molar-refractivity contribution in [1.29, 1.82) is 0 Å². The molecule has 0 aliphatic rings. The van der Waals surface area contributed by atoms with Gasteiger partial charge in [0.2, 0.25) is 0 Å². The fourth-order valence-corrected chi connectivity index (χ4v) is 1.81. The summed E-state index contributed by atoms with van der Waals surface area (Å²) in [6, 6.07) is 3.32. The third-order valence-electron chi connectivity index (χ3n) is 3.49. The lowest BCUT2D eigenvalue weighted by molar-refractivity contribution is -0.138. The molecule has 0 spiro atoms. The fraction of sp³-hybridized carbons (Fsp3) is 0.500. The number of benzene rings is 1. The average Bonchev–Trinajstić information content (AvgIpc) is 2.25. The molecule has 0 fully saturated rings. The lowest BCUT2D eigenvalue weighted by atomic mass is 9.85. The molecule has 0 saturated carbocycles. The minimum Gasteiger partial charge on any atom is -0.388 e. The molecule has 21 heavy (non-hydrogen) atoms. The lowest BCUT2D eigenvalue weighted by Crippen LogP contribution is -2.57. The van der Waals surface area contributed by atoms with Crippen LogP contribution in [0.15, 0.2) is 22.7 Å². The van der Waals surface area contributed by atoms with Gasteiger partial charge in [0.05, 0.1) is 22.3 Å².